The van der Waals surface area contributed by atoms with E-state index in [2.05, 4.69) is 31.1 Å². The molecule has 112 valence electrons. The summed E-state index contributed by atoms with van der Waals surface area (Å²) in [5.74, 6) is 0.543. The first kappa shape index (κ1) is 15.7. The number of ether oxygens (including phenoxy) is 1. The minimum absolute atomic E-state index is 0.0144. The largest absolute Gasteiger partial charge is 0.457 e. The smallest absolute Gasteiger partial charge is 0.145 e. The summed E-state index contributed by atoms with van der Waals surface area (Å²) in [5, 5.41) is 3.45. The highest BCUT2D eigenvalue weighted by molar-refractivity contribution is 6.30. The molecule has 5 heteroatoms. The predicted octanol–water partition coefficient (Wildman–Crippen LogP) is 4.55. The highest BCUT2D eigenvalue weighted by atomic mass is 35.5. The Morgan fingerprint density at radius 1 is 1.29 bits per heavy atom. The lowest BCUT2D eigenvalue weighted by atomic mass is 10.1. The molecular formula is C16H18ClFN2O. The van der Waals surface area contributed by atoms with E-state index in [-0.39, 0.29) is 10.6 Å². The molecule has 0 atom stereocenters. The van der Waals surface area contributed by atoms with E-state index in [4.69, 9.17) is 16.3 Å². The molecule has 0 aliphatic rings. The molecule has 2 aromatic rings. The van der Waals surface area contributed by atoms with Gasteiger partial charge in [0.05, 0.1) is 5.02 Å². The van der Waals surface area contributed by atoms with Crippen molar-refractivity contribution < 1.29 is 9.13 Å². The Balaban J connectivity index is 2.17. The Labute approximate surface area is 129 Å². The van der Waals surface area contributed by atoms with E-state index < -0.39 is 5.82 Å². The van der Waals surface area contributed by atoms with Crippen molar-refractivity contribution in [2.45, 2.75) is 32.9 Å². The SMILES string of the molecule is CC(C)(C)NCc1cnccc1Oc1ccc(Cl)c(F)c1. The molecular weight excluding hydrogens is 291 g/mol. The standard InChI is InChI=1S/C16H18ClFN2O/c1-16(2,3)20-10-11-9-19-7-6-15(11)21-12-4-5-13(17)14(18)8-12/h4-9,20H,10H2,1-3H3. The van der Waals surface area contributed by atoms with Gasteiger partial charge >= 0.3 is 0 Å². The summed E-state index contributed by atoms with van der Waals surface area (Å²) >= 11 is 5.66. The summed E-state index contributed by atoms with van der Waals surface area (Å²) in [7, 11) is 0. The molecule has 1 heterocycles. The molecule has 0 radical (unpaired) electrons. The first-order chi connectivity index (χ1) is 9.85. The van der Waals surface area contributed by atoms with Gasteiger partial charge in [-0.2, -0.15) is 0 Å². The van der Waals surface area contributed by atoms with Crippen LogP contribution in [0.4, 0.5) is 4.39 Å². The van der Waals surface area contributed by atoms with E-state index in [0.717, 1.165) is 5.56 Å². The van der Waals surface area contributed by atoms with Crippen molar-refractivity contribution in [3.05, 3.63) is 53.1 Å². The van der Waals surface area contributed by atoms with Crippen molar-refractivity contribution in [2.75, 3.05) is 0 Å². The molecule has 1 aromatic carbocycles. The van der Waals surface area contributed by atoms with Gasteiger partial charge in [-0.1, -0.05) is 11.6 Å². The molecule has 21 heavy (non-hydrogen) atoms. The average Bonchev–Trinajstić information content (AvgIpc) is 2.41. The molecule has 0 fully saturated rings. The number of hydrogen-bond acceptors (Lipinski definition) is 3. The molecule has 3 nitrogen and oxygen atoms in total. The van der Waals surface area contributed by atoms with Crippen LogP contribution in [0.5, 0.6) is 11.5 Å². The van der Waals surface area contributed by atoms with E-state index in [1.165, 1.54) is 12.1 Å². The van der Waals surface area contributed by atoms with Crippen LogP contribution in [-0.2, 0) is 6.54 Å². The van der Waals surface area contributed by atoms with Crippen molar-refractivity contribution >= 4 is 11.6 Å². The fraction of sp³-hybridized carbons (Fsp3) is 0.312. The molecule has 0 aliphatic heterocycles. The van der Waals surface area contributed by atoms with Gasteiger partial charge in [0.2, 0.25) is 0 Å². The van der Waals surface area contributed by atoms with Gasteiger partial charge in [-0.3, -0.25) is 4.98 Å². The molecule has 2 rings (SSSR count). The third kappa shape index (κ3) is 4.69. The number of aromatic nitrogens is 1. The van der Waals surface area contributed by atoms with Crippen molar-refractivity contribution in [3.63, 3.8) is 0 Å². The lowest BCUT2D eigenvalue weighted by Crippen LogP contribution is -2.35. The number of halogens is 2. The zero-order valence-corrected chi connectivity index (χ0v) is 13.0. The van der Waals surface area contributed by atoms with Crippen LogP contribution in [0.2, 0.25) is 5.02 Å². The maximum absolute atomic E-state index is 13.5. The Morgan fingerprint density at radius 2 is 2.05 bits per heavy atom. The summed E-state index contributed by atoms with van der Waals surface area (Å²) in [5.41, 5.74) is 0.891. The van der Waals surface area contributed by atoms with E-state index in [9.17, 15) is 4.39 Å². The van der Waals surface area contributed by atoms with Crippen LogP contribution >= 0.6 is 11.6 Å². The van der Waals surface area contributed by atoms with Crippen LogP contribution in [0.15, 0.2) is 36.7 Å². The monoisotopic (exact) mass is 308 g/mol. The molecule has 0 saturated carbocycles. The summed E-state index contributed by atoms with van der Waals surface area (Å²) in [6.07, 6.45) is 3.38. The Hall–Kier alpha value is -1.65. The van der Waals surface area contributed by atoms with Crippen LogP contribution < -0.4 is 10.1 Å². The van der Waals surface area contributed by atoms with Crippen LogP contribution in [0, 0.1) is 5.82 Å². The van der Waals surface area contributed by atoms with E-state index in [1.807, 2.05) is 0 Å². The molecule has 0 amide bonds. The second kappa shape index (κ2) is 6.41. The van der Waals surface area contributed by atoms with Crippen LogP contribution in [0.1, 0.15) is 26.3 Å². The van der Waals surface area contributed by atoms with E-state index in [1.54, 1.807) is 24.5 Å². The van der Waals surface area contributed by atoms with Gasteiger partial charge in [-0.05, 0) is 39.0 Å². The topological polar surface area (TPSA) is 34.2 Å². The van der Waals surface area contributed by atoms with E-state index >= 15 is 0 Å². The second-order valence-electron chi connectivity index (χ2n) is 5.76. The lowest BCUT2D eigenvalue weighted by Gasteiger charge is -2.21. The molecule has 1 N–H and O–H groups in total. The molecule has 0 saturated heterocycles. The average molecular weight is 309 g/mol. The molecule has 0 aliphatic carbocycles. The minimum atomic E-state index is -0.502. The lowest BCUT2D eigenvalue weighted by molar-refractivity contribution is 0.413. The minimum Gasteiger partial charge on any atom is -0.457 e. The van der Waals surface area contributed by atoms with Gasteiger partial charge in [0.1, 0.15) is 17.3 Å². The van der Waals surface area contributed by atoms with Crippen molar-refractivity contribution in [1.82, 2.24) is 10.3 Å². The van der Waals surface area contributed by atoms with Gasteiger partial charge < -0.3 is 10.1 Å². The fourth-order valence-corrected chi connectivity index (χ4v) is 1.79. The van der Waals surface area contributed by atoms with Crippen LogP contribution in [-0.4, -0.2) is 10.5 Å². The molecule has 0 unspecified atom stereocenters. The van der Waals surface area contributed by atoms with E-state index in [0.29, 0.717) is 18.0 Å². The first-order valence-corrected chi connectivity index (χ1v) is 7.04. The number of pyridine rings is 1. The van der Waals surface area contributed by atoms with Crippen molar-refractivity contribution in [3.8, 4) is 11.5 Å². The zero-order chi connectivity index (χ0) is 15.5. The number of benzene rings is 1. The second-order valence-corrected chi connectivity index (χ2v) is 6.17. The number of rotatable bonds is 4. The van der Waals surface area contributed by atoms with Crippen LogP contribution in [0.25, 0.3) is 0 Å². The van der Waals surface area contributed by atoms with Gasteiger partial charge in [0.15, 0.2) is 0 Å². The summed E-state index contributed by atoms with van der Waals surface area (Å²) in [6, 6.07) is 6.13. The molecule has 1 aromatic heterocycles. The zero-order valence-electron chi connectivity index (χ0n) is 12.3. The quantitative estimate of drug-likeness (QED) is 0.899. The highest BCUT2D eigenvalue weighted by Gasteiger charge is 2.12. The third-order valence-electron chi connectivity index (χ3n) is 2.79. The highest BCUT2D eigenvalue weighted by Crippen LogP contribution is 2.27. The van der Waals surface area contributed by atoms with Gasteiger partial charge in [0, 0.05) is 36.1 Å². The summed E-state index contributed by atoms with van der Waals surface area (Å²) < 4.78 is 19.2. The van der Waals surface area contributed by atoms with Crippen LogP contribution in [0.3, 0.4) is 0 Å². The van der Waals surface area contributed by atoms with Gasteiger partial charge in [0.25, 0.3) is 0 Å². The third-order valence-corrected chi connectivity index (χ3v) is 3.09. The number of hydrogen-bond donors (Lipinski definition) is 1. The first-order valence-electron chi connectivity index (χ1n) is 6.66. The maximum Gasteiger partial charge on any atom is 0.145 e. The van der Waals surface area contributed by atoms with Gasteiger partial charge in [-0.25, -0.2) is 4.39 Å². The summed E-state index contributed by atoms with van der Waals surface area (Å²) in [4.78, 5) is 4.10. The van der Waals surface area contributed by atoms with Gasteiger partial charge in [-0.15, -0.1) is 0 Å². The number of nitrogens with zero attached hydrogens (tertiary/aromatic N) is 1. The predicted molar refractivity (Wildman–Crippen MR) is 82.3 cm³/mol. The molecule has 0 spiro atoms. The van der Waals surface area contributed by atoms with Crippen molar-refractivity contribution in [1.29, 1.82) is 0 Å². The molecule has 0 bridgehead atoms. The normalized spacial score (nSPS) is 11.5. The fourth-order valence-electron chi connectivity index (χ4n) is 1.67. The summed E-state index contributed by atoms with van der Waals surface area (Å²) in [6.45, 7) is 6.86. The number of nitrogens with one attached hydrogen (secondary N) is 1. The Kier molecular flexibility index (Phi) is 4.80. The Bertz CT molecular complexity index is 626. The Morgan fingerprint density at radius 3 is 2.71 bits per heavy atom. The van der Waals surface area contributed by atoms with Crippen molar-refractivity contribution in [2.24, 2.45) is 0 Å². The maximum atomic E-state index is 13.5.